The molecule has 0 spiro atoms. The lowest BCUT2D eigenvalue weighted by atomic mass is 10.0. The van der Waals surface area contributed by atoms with Crippen LogP contribution in [0.4, 0.5) is 11.5 Å². The van der Waals surface area contributed by atoms with Crippen LogP contribution in [0.5, 0.6) is 0 Å². The van der Waals surface area contributed by atoms with E-state index in [0.29, 0.717) is 5.41 Å². The van der Waals surface area contributed by atoms with Gasteiger partial charge in [-0.3, -0.25) is 4.68 Å². The van der Waals surface area contributed by atoms with Crippen LogP contribution in [0, 0.1) is 12.3 Å². The summed E-state index contributed by atoms with van der Waals surface area (Å²) in [6.07, 6.45) is 3.26. The standard InChI is InChI=1S/C11H20N4O/c1-8-9(12)10(15(2)14-8)13-7-11(3-4-11)5-6-16/h13,16H,3-7,12H2,1-2H3. The molecule has 1 aliphatic rings. The smallest absolute Gasteiger partial charge is 0.147 e. The maximum Gasteiger partial charge on any atom is 0.147 e. The number of hydrogen-bond acceptors (Lipinski definition) is 4. The Hall–Kier alpha value is -1.23. The average molecular weight is 224 g/mol. The minimum Gasteiger partial charge on any atom is -0.396 e. The molecule has 1 saturated carbocycles. The number of aromatic nitrogens is 2. The van der Waals surface area contributed by atoms with Crippen LogP contribution in [0.1, 0.15) is 25.0 Å². The van der Waals surface area contributed by atoms with Gasteiger partial charge < -0.3 is 16.2 Å². The molecule has 0 aliphatic heterocycles. The molecule has 1 aromatic rings. The number of nitrogens with zero attached hydrogens (tertiary/aromatic N) is 2. The van der Waals surface area contributed by atoms with E-state index in [2.05, 4.69) is 10.4 Å². The first-order valence-electron chi connectivity index (χ1n) is 5.72. The summed E-state index contributed by atoms with van der Waals surface area (Å²) in [5.41, 5.74) is 7.81. The average Bonchev–Trinajstić information content (AvgIpc) is 2.93. The lowest BCUT2D eigenvalue weighted by Crippen LogP contribution is -2.18. The van der Waals surface area contributed by atoms with Crippen molar-refractivity contribution in [2.24, 2.45) is 12.5 Å². The van der Waals surface area contributed by atoms with Crippen molar-refractivity contribution in [3.63, 3.8) is 0 Å². The van der Waals surface area contributed by atoms with Gasteiger partial charge in [0.25, 0.3) is 0 Å². The van der Waals surface area contributed by atoms with Crippen LogP contribution >= 0.6 is 0 Å². The number of aliphatic hydroxyl groups excluding tert-OH is 1. The lowest BCUT2D eigenvalue weighted by molar-refractivity contribution is 0.253. The van der Waals surface area contributed by atoms with Gasteiger partial charge >= 0.3 is 0 Å². The summed E-state index contributed by atoms with van der Waals surface area (Å²) in [7, 11) is 1.89. The van der Waals surface area contributed by atoms with Crippen molar-refractivity contribution in [2.75, 3.05) is 24.2 Å². The van der Waals surface area contributed by atoms with Gasteiger partial charge in [0.2, 0.25) is 0 Å². The largest absolute Gasteiger partial charge is 0.396 e. The molecule has 5 heteroatoms. The first kappa shape index (κ1) is 11.3. The van der Waals surface area contributed by atoms with E-state index in [0.717, 1.165) is 30.2 Å². The Bertz CT molecular complexity index is 382. The molecule has 0 saturated heterocycles. The molecule has 4 N–H and O–H groups in total. The number of nitrogens with one attached hydrogen (secondary N) is 1. The van der Waals surface area contributed by atoms with E-state index < -0.39 is 0 Å². The van der Waals surface area contributed by atoms with E-state index in [4.69, 9.17) is 10.8 Å². The van der Waals surface area contributed by atoms with Gasteiger partial charge in [-0.25, -0.2) is 0 Å². The third-order valence-corrected chi connectivity index (χ3v) is 3.50. The Kier molecular flexibility index (Phi) is 2.80. The minimum absolute atomic E-state index is 0.265. The van der Waals surface area contributed by atoms with Gasteiger partial charge in [-0.05, 0) is 31.6 Å². The van der Waals surface area contributed by atoms with Crippen molar-refractivity contribution in [3.8, 4) is 0 Å². The molecule has 0 radical (unpaired) electrons. The van der Waals surface area contributed by atoms with Gasteiger partial charge in [0, 0.05) is 20.2 Å². The van der Waals surface area contributed by atoms with Crippen molar-refractivity contribution in [2.45, 2.75) is 26.2 Å². The number of aryl methyl sites for hydroxylation is 2. The summed E-state index contributed by atoms with van der Waals surface area (Å²) in [6, 6.07) is 0. The topological polar surface area (TPSA) is 76.1 Å². The van der Waals surface area contributed by atoms with Gasteiger partial charge in [0.05, 0.1) is 11.4 Å². The molecule has 5 nitrogen and oxygen atoms in total. The summed E-state index contributed by atoms with van der Waals surface area (Å²) < 4.78 is 1.78. The van der Waals surface area contributed by atoms with E-state index in [1.165, 1.54) is 12.8 Å². The molecule has 2 rings (SSSR count). The van der Waals surface area contributed by atoms with Gasteiger partial charge in [-0.15, -0.1) is 0 Å². The highest BCUT2D eigenvalue weighted by Gasteiger charge is 2.41. The van der Waals surface area contributed by atoms with Crippen molar-refractivity contribution in [1.29, 1.82) is 0 Å². The summed E-state index contributed by atoms with van der Waals surface area (Å²) >= 11 is 0. The van der Waals surface area contributed by atoms with Gasteiger partial charge in [-0.1, -0.05) is 0 Å². The molecule has 90 valence electrons. The van der Waals surface area contributed by atoms with Crippen LogP contribution in [-0.4, -0.2) is 28.0 Å². The molecule has 0 amide bonds. The quantitative estimate of drug-likeness (QED) is 0.694. The molecule has 1 aliphatic carbocycles. The van der Waals surface area contributed by atoms with E-state index in [9.17, 15) is 0 Å². The van der Waals surface area contributed by atoms with E-state index in [1.54, 1.807) is 4.68 Å². The number of rotatable bonds is 5. The minimum atomic E-state index is 0.265. The molecule has 1 aromatic heterocycles. The highest BCUT2D eigenvalue weighted by molar-refractivity contribution is 5.64. The van der Waals surface area contributed by atoms with Crippen LogP contribution in [0.3, 0.4) is 0 Å². The van der Waals surface area contributed by atoms with Gasteiger partial charge in [0.15, 0.2) is 0 Å². The highest BCUT2D eigenvalue weighted by Crippen LogP contribution is 2.48. The monoisotopic (exact) mass is 224 g/mol. The molecular formula is C11H20N4O. The zero-order chi connectivity index (χ0) is 11.8. The summed E-state index contributed by atoms with van der Waals surface area (Å²) in [5, 5.41) is 16.6. The second-order valence-electron chi connectivity index (χ2n) is 4.80. The Morgan fingerprint density at radius 3 is 2.69 bits per heavy atom. The first-order chi connectivity index (χ1) is 7.58. The maximum absolute atomic E-state index is 8.98. The second kappa shape index (κ2) is 3.97. The normalized spacial score (nSPS) is 17.4. The molecule has 0 aromatic carbocycles. The Morgan fingerprint density at radius 2 is 2.25 bits per heavy atom. The van der Waals surface area contributed by atoms with Crippen LogP contribution in [-0.2, 0) is 7.05 Å². The molecule has 0 atom stereocenters. The highest BCUT2D eigenvalue weighted by atomic mass is 16.3. The van der Waals surface area contributed by atoms with Gasteiger partial charge in [-0.2, -0.15) is 5.10 Å². The van der Waals surface area contributed by atoms with Crippen LogP contribution in [0.2, 0.25) is 0 Å². The Morgan fingerprint density at radius 1 is 1.56 bits per heavy atom. The lowest BCUT2D eigenvalue weighted by Gasteiger charge is -2.15. The second-order valence-corrected chi connectivity index (χ2v) is 4.80. The number of hydrogen-bond donors (Lipinski definition) is 3. The van der Waals surface area contributed by atoms with Crippen molar-refractivity contribution in [1.82, 2.24) is 9.78 Å². The van der Waals surface area contributed by atoms with Gasteiger partial charge in [0.1, 0.15) is 5.82 Å². The third-order valence-electron chi connectivity index (χ3n) is 3.50. The number of aliphatic hydroxyl groups is 1. The zero-order valence-corrected chi connectivity index (χ0v) is 9.95. The summed E-state index contributed by atoms with van der Waals surface area (Å²) in [5.74, 6) is 0.890. The molecule has 1 heterocycles. The fourth-order valence-electron chi connectivity index (χ4n) is 2.08. The summed E-state index contributed by atoms with van der Waals surface area (Å²) in [6.45, 7) is 3.04. The SMILES string of the molecule is Cc1nn(C)c(NCC2(CCO)CC2)c1N. The third kappa shape index (κ3) is 2.00. The first-order valence-corrected chi connectivity index (χ1v) is 5.72. The predicted molar refractivity (Wildman–Crippen MR) is 64.2 cm³/mol. The van der Waals surface area contributed by atoms with Crippen molar-refractivity contribution < 1.29 is 5.11 Å². The Balaban J connectivity index is 1.99. The molecule has 1 fully saturated rings. The number of nitrogen functional groups attached to an aromatic ring is 1. The number of nitrogens with two attached hydrogens (primary N) is 1. The van der Waals surface area contributed by atoms with Crippen LogP contribution in [0.15, 0.2) is 0 Å². The Labute approximate surface area is 95.6 Å². The van der Waals surface area contributed by atoms with E-state index >= 15 is 0 Å². The molecule has 0 bridgehead atoms. The zero-order valence-electron chi connectivity index (χ0n) is 9.95. The van der Waals surface area contributed by atoms with Crippen molar-refractivity contribution >= 4 is 11.5 Å². The number of anilines is 2. The fourth-order valence-corrected chi connectivity index (χ4v) is 2.08. The summed E-state index contributed by atoms with van der Waals surface area (Å²) in [4.78, 5) is 0. The van der Waals surface area contributed by atoms with Crippen LogP contribution in [0.25, 0.3) is 0 Å². The molecule has 0 unspecified atom stereocenters. The fraction of sp³-hybridized carbons (Fsp3) is 0.727. The van der Waals surface area contributed by atoms with Crippen LogP contribution < -0.4 is 11.1 Å². The maximum atomic E-state index is 8.98. The van der Waals surface area contributed by atoms with E-state index in [-0.39, 0.29) is 6.61 Å². The predicted octanol–water partition coefficient (Wildman–Crippen LogP) is 0.885. The molecule has 16 heavy (non-hydrogen) atoms. The van der Waals surface area contributed by atoms with E-state index in [1.807, 2.05) is 14.0 Å². The molecular weight excluding hydrogens is 204 g/mol. The van der Waals surface area contributed by atoms with Crippen molar-refractivity contribution in [3.05, 3.63) is 5.69 Å².